The highest BCUT2D eigenvalue weighted by Crippen LogP contribution is 2.35. The molecule has 0 atom stereocenters. The number of nitrogens with zero attached hydrogens (tertiary/aromatic N) is 5. The number of aromatic amines is 1. The Hall–Kier alpha value is -3.75. The number of ether oxygens (including phenoxy) is 1. The van der Waals surface area contributed by atoms with Gasteiger partial charge in [0.15, 0.2) is 0 Å². The van der Waals surface area contributed by atoms with Gasteiger partial charge in [0.2, 0.25) is 17.7 Å². The van der Waals surface area contributed by atoms with Gasteiger partial charge in [0, 0.05) is 50.2 Å². The maximum atomic E-state index is 11.5. The number of piperidine rings is 1. The van der Waals surface area contributed by atoms with Gasteiger partial charge in [-0.05, 0) is 30.5 Å². The van der Waals surface area contributed by atoms with E-state index in [0.29, 0.717) is 17.5 Å². The molecular formula is C22H23N7O2. The summed E-state index contributed by atoms with van der Waals surface area (Å²) in [5.74, 6) is 1.14. The first-order valence-electron chi connectivity index (χ1n) is 10.3. The first kappa shape index (κ1) is 19.2. The van der Waals surface area contributed by atoms with E-state index in [1.54, 1.807) is 26.4 Å². The van der Waals surface area contributed by atoms with Crippen molar-refractivity contribution in [3.8, 4) is 17.0 Å². The van der Waals surface area contributed by atoms with Crippen LogP contribution >= 0.6 is 0 Å². The predicted molar refractivity (Wildman–Crippen MR) is 118 cm³/mol. The van der Waals surface area contributed by atoms with E-state index in [2.05, 4.69) is 30.2 Å². The normalized spacial score (nSPS) is 14.8. The fraction of sp³-hybridized carbons (Fsp3) is 0.318. The van der Waals surface area contributed by atoms with Gasteiger partial charge in [-0.25, -0.2) is 0 Å². The maximum absolute atomic E-state index is 11.5. The minimum atomic E-state index is 0.122. The minimum Gasteiger partial charge on any atom is -0.480 e. The molecular weight excluding hydrogens is 394 g/mol. The van der Waals surface area contributed by atoms with Crippen LogP contribution in [-0.4, -0.2) is 62.0 Å². The van der Waals surface area contributed by atoms with Crippen molar-refractivity contribution in [2.75, 3.05) is 25.5 Å². The highest BCUT2D eigenvalue weighted by atomic mass is 16.5. The number of anilines is 1. The summed E-state index contributed by atoms with van der Waals surface area (Å²) < 4.78 is 5.62. The minimum absolute atomic E-state index is 0.122. The van der Waals surface area contributed by atoms with Crippen molar-refractivity contribution in [1.29, 1.82) is 0 Å². The van der Waals surface area contributed by atoms with Gasteiger partial charge in [0.05, 0.1) is 23.5 Å². The lowest BCUT2D eigenvalue weighted by Gasteiger charge is -2.31. The molecule has 0 radical (unpaired) electrons. The molecule has 0 saturated carbocycles. The third-order valence-electron chi connectivity index (χ3n) is 5.75. The lowest BCUT2D eigenvalue weighted by atomic mass is 10.0. The fourth-order valence-corrected chi connectivity index (χ4v) is 4.09. The highest BCUT2D eigenvalue weighted by molar-refractivity contribution is 5.99. The molecule has 0 bridgehead atoms. The standard InChI is InChI=1S/C22H23N7O2/c1-13(30)29-9-5-15(6-10-29)26-22-27-20-19(21(28-22)31-2)16(12-25-20)14-3-4-17-18(11-14)24-8-7-23-17/h3-4,7-8,11-12,15H,5-6,9-10H2,1-2H3,(H2,25,26,27,28). The van der Waals surface area contributed by atoms with Gasteiger partial charge in [0.25, 0.3) is 0 Å². The molecule has 2 N–H and O–H groups in total. The zero-order valence-corrected chi connectivity index (χ0v) is 17.4. The highest BCUT2D eigenvalue weighted by Gasteiger charge is 2.22. The van der Waals surface area contributed by atoms with Crippen molar-refractivity contribution in [3.63, 3.8) is 0 Å². The number of carbonyl (C=O) groups is 1. The number of likely N-dealkylation sites (tertiary alicyclic amines) is 1. The summed E-state index contributed by atoms with van der Waals surface area (Å²) in [6.07, 6.45) is 7.00. The predicted octanol–water partition coefficient (Wildman–Crippen LogP) is 3.00. The van der Waals surface area contributed by atoms with Gasteiger partial charge >= 0.3 is 0 Å². The number of hydrogen-bond acceptors (Lipinski definition) is 7. The Labute approximate surface area is 178 Å². The number of aromatic nitrogens is 5. The van der Waals surface area contributed by atoms with E-state index >= 15 is 0 Å². The van der Waals surface area contributed by atoms with E-state index in [-0.39, 0.29) is 11.9 Å². The lowest BCUT2D eigenvalue weighted by Crippen LogP contribution is -2.41. The molecule has 5 rings (SSSR count). The van der Waals surface area contributed by atoms with Gasteiger partial charge < -0.3 is 19.9 Å². The molecule has 4 heterocycles. The van der Waals surface area contributed by atoms with E-state index in [1.807, 2.05) is 29.3 Å². The molecule has 1 aliphatic heterocycles. The fourth-order valence-electron chi connectivity index (χ4n) is 4.09. The van der Waals surface area contributed by atoms with Crippen LogP contribution in [0, 0.1) is 0 Å². The van der Waals surface area contributed by atoms with E-state index in [4.69, 9.17) is 4.74 Å². The molecule has 1 aromatic carbocycles. The average molecular weight is 417 g/mol. The Kier molecular flexibility index (Phi) is 4.85. The Morgan fingerprint density at radius 1 is 1.16 bits per heavy atom. The summed E-state index contributed by atoms with van der Waals surface area (Å²) in [6, 6.07) is 6.17. The van der Waals surface area contributed by atoms with Crippen LogP contribution in [0.1, 0.15) is 19.8 Å². The molecule has 1 aliphatic rings. The number of benzene rings is 1. The summed E-state index contributed by atoms with van der Waals surface area (Å²) in [4.78, 5) is 34.7. The Bertz CT molecular complexity index is 1260. The van der Waals surface area contributed by atoms with Crippen molar-refractivity contribution >= 4 is 33.9 Å². The Balaban J connectivity index is 1.46. The van der Waals surface area contributed by atoms with Crippen LogP contribution in [0.3, 0.4) is 0 Å². The van der Waals surface area contributed by atoms with Gasteiger partial charge in [-0.3, -0.25) is 14.8 Å². The molecule has 0 unspecified atom stereocenters. The van der Waals surface area contributed by atoms with Crippen LogP contribution in [0.4, 0.5) is 5.95 Å². The molecule has 3 aromatic heterocycles. The third kappa shape index (κ3) is 3.63. The van der Waals surface area contributed by atoms with Crippen LogP contribution in [0.2, 0.25) is 0 Å². The van der Waals surface area contributed by atoms with Gasteiger partial charge in [-0.2, -0.15) is 9.97 Å². The second-order valence-electron chi connectivity index (χ2n) is 7.67. The molecule has 1 saturated heterocycles. The number of amides is 1. The summed E-state index contributed by atoms with van der Waals surface area (Å²) in [6.45, 7) is 3.09. The summed E-state index contributed by atoms with van der Waals surface area (Å²) >= 11 is 0. The molecule has 31 heavy (non-hydrogen) atoms. The van der Waals surface area contributed by atoms with Crippen LogP contribution < -0.4 is 10.1 Å². The van der Waals surface area contributed by atoms with Gasteiger partial charge in [0.1, 0.15) is 5.65 Å². The van der Waals surface area contributed by atoms with Crippen molar-refractivity contribution in [2.45, 2.75) is 25.8 Å². The van der Waals surface area contributed by atoms with Crippen molar-refractivity contribution in [2.24, 2.45) is 0 Å². The number of nitrogens with one attached hydrogen (secondary N) is 2. The largest absolute Gasteiger partial charge is 0.480 e. The molecule has 158 valence electrons. The second kappa shape index (κ2) is 7.82. The zero-order chi connectivity index (χ0) is 21.4. The van der Waals surface area contributed by atoms with Crippen molar-refractivity contribution in [3.05, 3.63) is 36.8 Å². The number of methoxy groups -OCH3 is 1. The van der Waals surface area contributed by atoms with E-state index < -0.39 is 0 Å². The van der Waals surface area contributed by atoms with Gasteiger partial charge in [-0.1, -0.05) is 6.07 Å². The zero-order valence-electron chi connectivity index (χ0n) is 17.4. The van der Waals surface area contributed by atoms with E-state index in [0.717, 1.165) is 53.5 Å². The lowest BCUT2D eigenvalue weighted by molar-refractivity contribution is -0.129. The maximum Gasteiger partial charge on any atom is 0.228 e. The molecule has 0 spiro atoms. The van der Waals surface area contributed by atoms with Crippen LogP contribution in [0.5, 0.6) is 5.88 Å². The van der Waals surface area contributed by atoms with E-state index in [9.17, 15) is 4.79 Å². The summed E-state index contributed by atoms with van der Waals surface area (Å²) in [5, 5.41) is 4.22. The third-order valence-corrected chi connectivity index (χ3v) is 5.75. The second-order valence-corrected chi connectivity index (χ2v) is 7.67. The summed E-state index contributed by atoms with van der Waals surface area (Å²) in [5.41, 5.74) is 4.30. The quantitative estimate of drug-likeness (QED) is 0.525. The topological polar surface area (TPSA) is 109 Å². The SMILES string of the molecule is COc1nc(NC2CCN(C(C)=O)CC2)nc2[nH]cc(-c3ccc4nccnc4c3)c12. The molecule has 9 heteroatoms. The van der Waals surface area contributed by atoms with Crippen molar-refractivity contribution < 1.29 is 9.53 Å². The Morgan fingerprint density at radius 3 is 2.68 bits per heavy atom. The number of carbonyl (C=O) groups excluding carboxylic acids is 1. The molecule has 9 nitrogen and oxygen atoms in total. The number of rotatable bonds is 4. The number of fused-ring (bicyclic) bond motifs is 2. The van der Waals surface area contributed by atoms with Crippen LogP contribution in [0.15, 0.2) is 36.8 Å². The van der Waals surface area contributed by atoms with Crippen LogP contribution in [0.25, 0.3) is 33.2 Å². The summed E-state index contributed by atoms with van der Waals surface area (Å²) in [7, 11) is 1.61. The van der Waals surface area contributed by atoms with E-state index in [1.165, 1.54) is 0 Å². The first-order chi connectivity index (χ1) is 15.1. The molecule has 4 aromatic rings. The Morgan fingerprint density at radius 2 is 1.94 bits per heavy atom. The van der Waals surface area contributed by atoms with Crippen molar-refractivity contribution in [1.82, 2.24) is 29.8 Å². The smallest absolute Gasteiger partial charge is 0.228 e. The number of H-pyrrole nitrogens is 1. The first-order valence-corrected chi connectivity index (χ1v) is 10.3. The monoisotopic (exact) mass is 417 g/mol. The van der Waals surface area contributed by atoms with Gasteiger partial charge in [-0.15, -0.1) is 0 Å². The molecule has 1 fully saturated rings. The molecule has 0 aliphatic carbocycles. The average Bonchev–Trinajstić information content (AvgIpc) is 3.22. The van der Waals surface area contributed by atoms with Crippen LogP contribution in [-0.2, 0) is 4.79 Å². The molecule has 1 amide bonds. The number of hydrogen-bond donors (Lipinski definition) is 2.